The standard InChI is InChI=1S/C21H28O4/c1-15(11-16-9-7-6-8-10-16)21(2,22)14-17-12-18(23-3)20(25-5)19(13-17)24-4/h6-10,12-13,15,22H,11,14H2,1-5H3/t15-,21-/m0/s1. The molecule has 1 N–H and O–H groups in total. The van der Waals surface area contributed by atoms with Gasteiger partial charge in [-0.2, -0.15) is 0 Å². The van der Waals surface area contributed by atoms with Crippen molar-refractivity contribution in [2.24, 2.45) is 5.92 Å². The maximum Gasteiger partial charge on any atom is 0.203 e. The van der Waals surface area contributed by atoms with Gasteiger partial charge in [-0.25, -0.2) is 0 Å². The van der Waals surface area contributed by atoms with Gasteiger partial charge in [-0.3, -0.25) is 0 Å². The smallest absolute Gasteiger partial charge is 0.203 e. The van der Waals surface area contributed by atoms with E-state index in [1.54, 1.807) is 21.3 Å². The molecule has 2 aromatic rings. The van der Waals surface area contributed by atoms with E-state index >= 15 is 0 Å². The van der Waals surface area contributed by atoms with Gasteiger partial charge in [0.25, 0.3) is 0 Å². The molecule has 2 atom stereocenters. The van der Waals surface area contributed by atoms with E-state index in [2.05, 4.69) is 19.1 Å². The minimum absolute atomic E-state index is 0.0917. The topological polar surface area (TPSA) is 47.9 Å². The van der Waals surface area contributed by atoms with Crippen molar-refractivity contribution in [2.45, 2.75) is 32.3 Å². The molecule has 25 heavy (non-hydrogen) atoms. The molecule has 4 nitrogen and oxygen atoms in total. The third kappa shape index (κ3) is 4.67. The summed E-state index contributed by atoms with van der Waals surface area (Å²) < 4.78 is 16.2. The van der Waals surface area contributed by atoms with Gasteiger partial charge in [0.2, 0.25) is 5.75 Å². The fourth-order valence-electron chi connectivity index (χ4n) is 3.01. The lowest BCUT2D eigenvalue weighted by Crippen LogP contribution is -2.36. The van der Waals surface area contributed by atoms with Gasteiger partial charge in [0.05, 0.1) is 26.9 Å². The molecule has 0 spiro atoms. The van der Waals surface area contributed by atoms with E-state index in [1.165, 1.54) is 5.56 Å². The molecule has 0 unspecified atom stereocenters. The lowest BCUT2D eigenvalue weighted by Gasteiger charge is -2.31. The maximum atomic E-state index is 11.0. The van der Waals surface area contributed by atoms with Crippen molar-refractivity contribution in [3.63, 3.8) is 0 Å². The molecule has 0 aliphatic rings. The number of ether oxygens (including phenoxy) is 3. The van der Waals surface area contributed by atoms with E-state index in [0.717, 1.165) is 12.0 Å². The van der Waals surface area contributed by atoms with E-state index < -0.39 is 5.60 Å². The summed E-state index contributed by atoms with van der Waals surface area (Å²) in [4.78, 5) is 0. The largest absolute Gasteiger partial charge is 0.493 e. The van der Waals surface area contributed by atoms with Gasteiger partial charge in [-0.05, 0) is 42.5 Å². The third-order valence-electron chi connectivity index (χ3n) is 4.73. The average Bonchev–Trinajstić information content (AvgIpc) is 2.61. The minimum atomic E-state index is -0.861. The molecule has 4 heteroatoms. The molecule has 136 valence electrons. The van der Waals surface area contributed by atoms with Gasteiger partial charge in [0, 0.05) is 6.42 Å². The molecule has 0 heterocycles. The Hall–Kier alpha value is -2.20. The minimum Gasteiger partial charge on any atom is -0.493 e. The second-order valence-electron chi connectivity index (χ2n) is 6.66. The van der Waals surface area contributed by atoms with Crippen LogP contribution < -0.4 is 14.2 Å². The quantitative estimate of drug-likeness (QED) is 0.789. The predicted octanol–water partition coefficient (Wildman–Crippen LogP) is 3.88. The first-order valence-corrected chi connectivity index (χ1v) is 8.46. The molecular weight excluding hydrogens is 316 g/mol. The number of rotatable bonds is 8. The van der Waals surface area contributed by atoms with Crippen LogP contribution in [0.4, 0.5) is 0 Å². The van der Waals surface area contributed by atoms with E-state index in [9.17, 15) is 5.11 Å². The zero-order valence-electron chi connectivity index (χ0n) is 15.7. The van der Waals surface area contributed by atoms with Crippen LogP contribution in [0.15, 0.2) is 42.5 Å². The van der Waals surface area contributed by atoms with Gasteiger partial charge in [0.1, 0.15) is 0 Å². The molecule has 2 aromatic carbocycles. The molecule has 0 radical (unpaired) electrons. The van der Waals surface area contributed by atoms with Crippen molar-refractivity contribution in [3.8, 4) is 17.2 Å². The van der Waals surface area contributed by atoms with Gasteiger partial charge in [-0.15, -0.1) is 0 Å². The molecule has 0 aliphatic carbocycles. The van der Waals surface area contributed by atoms with Crippen LogP contribution in [0.3, 0.4) is 0 Å². The summed E-state index contributed by atoms with van der Waals surface area (Å²) in [5.41, 5.74) is 1.31. The van der Waals surface area contributed by atoms with Gasteiger partial charge < -0.3 is 19.3 Å². The fraction of sp³-hybridized carbons (Fsp3) is 0.429. The number of methoxy groups -OCH3 is 3. The molecule has 0 aliphatic heterocycles. The maximum absolute atomic E-state index is 11.0. The van der Waals surface area contributed by atoms with Crippen LogP contribution in [-0.2, 0) is 12.8 Å². The predicted molar refractivity (Wildman–Crippen MR) is 99.7 cm³/mol. The Kier molecular flexibility index (Phi) is 6.32. The first-order chi connectivity index (χ1) is 11.9. The zero-order chi connectivity index (χ0) is 18.4. The number of aliphatic hydroxyl groups is 1. The Morgan fingerprint density at radius 1 is 0.920 bits per heavy atom. The Bertz CT molecular complexity index is 655. The van der Waals surface area contributed by atoms with Gasteiger partial charge in [0.15, 0.2) is 11.5 Å². The highest BCUT2D eigenvalue weighted by Gasteiger charge is 2.29. The van der Waals surface area contributed by atoms with Crippen LogP contribution in [0.25, 0.3) is 0 Å². The molecular formula is C21H28O4. The first-order valence-electron chi connectivity index (χ1n) is 8.46. The Morgan fingerprint density at radius 2 is 1.48 bits per heavy atom. The molecule has 0 saturated heterocycles. The Labute approximate surface area is 150 Å². The Morgan fingerprint density at radius 3 is 1.96 bits per heavy atom. The molecule has 0 fully saturated rings. The van der Waals surface area contributed by atoms with Crippen LogP contribution in [0.5, 0.6) is 17.2 Å². The van der Waals surface area contributed by atoms with Crippen molar-refractivity contribution in [3.05, 3.63) is 53.6 Å². The van der Waals surface area contributed by atoms with E-state index in [-0.39, 0.29) is 5.92 Å². The summed E-state index contributed by atoms with van der Waals surface area (Å²) in [5.74, 6) is 1.85. The first kappa shape index (κ1) is 19.1. The number of hydrogen-bond acceptors (Lipinski definition) is 4. The number of benzene rings is 2. The van der Waals surface area contributed by atoms with Crippen molar-refractivity contribution in [1.29, 1.82) is 0 Å². The highest BCUT2D eigenvalue weighted by molar-refractivity contribution is 5.54. The summed E-state index contributed by atoms with van der Waals surface area (Å²) in [6, 6.07) is 14.0. The van der Waals surface area contributed by atoms with Crippen molar-refractivity contribution in [1.82, 2.24) is 0 Å². The van der Waals surface area contributed by atoms with Crippen LogP contribution >= 0.6 is 0 Å². The SMILES string of the molecule is COc1cc(C[C@](C)(O)[C@@H](C)Cc2ccccc2)cc(OC)c1OC. The van der Waals surface area contributed by atoms with E-state index in [4.69, 9.17) is 14.2 Å². The molecule has 0 aromatic heterocycles. The second kappa shape index (κ2) is 8.26. The molecule has 0 bridgehead atoms. The van der Waals surface area contributed by atoms with Crippen LogP contribution in [0.1, 0.15) is 25.0 Å². The van der Waals surface area contributed by atoms with Crippen molar-refractivity contribution in [2.75, 3.05) is 21.3 Å². The lowest BCUT2D eigenvalue weighted by atomic mass is 9.81. The summed E-state index contributed by atoms with van der Waals surface area (Å²) in [6.07, 6.45) is 1.32. The zero-order valence-corrected chi connectivity index (χ0v) is 15.7. The highest BCUT2D eigenvalue weighted by Crippen LogP contribution is 2.39. The monoisotopic (exact) mass is 344 g/mol. The second-order valence-corrected chi connectivity index (χ2v) is 6.66. The van der Waals surface area contributed by atoms with Crippen LogP contribution in [-0.4, -0.2) is 32.0 Å². The summed E-state index contributed by atoms with van der Waals surface area (Å²) in [6.45, 7) is 3.95. The Balaban J connectivity index is 2.21. The van der Waals surface area contributed by atoms with E-state index in [1.807, 2.05) is 37.3 Å². The number of hydrogen-bond donors (Lipinski definition) is 1. The fourth-order valence-corrected chi connectivity index (χ4v) is 3.01. The molecule has 0 saturated carbocycles. The van der Waals surface area contributed by atoms with E-state index in [0.29, 0.717) is 23.7 Å². The summed E-state index contributed by atoms with van der Waals surface area (Å²) >= 11 is 0. The summed E-state index contributed by atoms with van der Waals surface area (Å²) in [7, 11) is 4.77. The normalized spacial score (nSPS) is 14.5. The molecule has 0 amide bonds. The van der Waals surface area contributed by atoms with Crippen molar-refractivity contribution >= 4 is 0 Å². The molecule has 2 rings (SSSR count). The van der Waals surface area contributed by atoms with Gasteiger partial charge in [-0.1, -0.05) is 37.3 Å². The third-order valence-corrected chi connectivity index (χ3v) is 4.73. The van der Waals surface area contributed by atoms with Crippen LogP contribution in [0, 0.1) is 5.92 Å². The van der Waals surface area contributed by atoms with Gasteiger partial charge >= 0.3 is 0 Å². The van der Waals surface area contributed by atoms with Crippen molar-refractivity contribution < 1.29 is 19.3 Å². The highest BCUT2D eigenvalue weighted by atomic mass is 16.5. The lowest BCUT2D eigenvalue weighted by molar-refractivity contribution is 0.00663. The van der Waals surface area contributed by atoms with Crippen LogP contribution in [0.2, 0.25) is 0 Å². The average molecular weight is 344 g/mol. The summed E-state index contributed by atoms with van der Waals surface area (Å²) in [5, 5.41) is 11.0.